The van der Waals surface area contributed by atoms with Crippen LogP contribution in [0.3, 0.4) is 0 Å². The van der Waals surface area contributed by atoms with E-state index in [1.807, 2.05) is 0 Å². The molecule has 0 unspecified atom stereocenters. The minimum atomic E-state index is -4.31. The number of carboxylic acids is 1. The molecule has 2 heterocycles. The van der Waals surface area contributed by atoms with Crippen LogP contribution in [-0.2, 0) is 10.0 Å². The zero-order chi connectivity index (χ0) is 15.8. The van der Waals surface area contributed by atoms with Crippen LogP contribution in [-0.4, -0.2) is 43.1 Å². The molecule has 1 aliphatic rings. The standard InChI is InChI=1S/C11H12F3NO4S2/c12-11(13,14)8-1-3-15(4-2-8)21(18,19)9-5-7(6-20-9)10(16)17/h5-6,8H,1-4H2,(H,16,17). The average molecular weight is 343 g/mol. The van der Waals surface area contributed by atoms with Crippen molar-refractivity contribution in [3.63, 3.8) is 0 Å². The topological polar surface area (TPSA) is 74.7 Å². The number of hydrogen-bond acceptors (Lipinski definition) is 4. The Morgan fingerprint density at radius 2 is 1.90 bits per heavy atom. The summed E-state index contributed by atoms with van der Waals surface area (Å²) in [6.07, 6.45) is -4.87. The van der Waals surface area contributed by atoms with Crippen LogP contribution in [0.15, 0.2) is 15.7 Å². The van der Waals surface area contributed by atoms with Gasteiger partial charge in [0.05, 0.1) is 11.5 Å². The van der Waals surface area contributed by atoms with Crippen molar-refractivity contribution in [2.24, 2.45) is 5.92 Å². The quantitative estimate of drug-likeness (QED) is 0.915. The van der Waals surface area contributed by atoms with Crippen LogP contribution in [0, 0.1) is 5.92 Å². The molecule has 1 aromatic rings. The molecule has 0 bridgehead atoms. The second-order valence-corrected chi connectivity index (χ2v) is 7.76. The smallest absolute Gasteiger partial charge is 0.391 e. The molecule has 0 saturated carbocycles. The van der Waals surface area contributed by atoms with Gasteiger partial charge in [-0.1, -0.05) is 0 Å². The van der Waals surface area contributed by atoms with Gasteiger partial charge in [0.1, 0.15) is 4.21 Å². The van der Waals surface area contributed by atoms with E-state index in [-0.39, 0.29) is 35.7 Å². The van der Waals surface area contributed by atoms with E-state index in [2.05, 4.69) is 0 Å². The van der Waals surface area contributed by atoms with Gasteiger partial charge < -0.3 is 5.11 Å². The Bertz CT molecular complexity index is 630. The lowest BCUT2D eigenvalue weighted by atomic mass is 9.98. The maximum Gasteiger partial charge on any atom is 0.391 e. The fourth-order valence-electron chi connectivity index (χ4n) is 2.11. The highest BCUT2D eigenvalue weighted by atomic mass is 32.2. The zero-order valence-corrected chi connectivity index (χ0v) is 12.3. The van der Waals surface area contributed by atoms with E-state index in [1.165, 1.54) is 5.38 Å². The van der Waals surface area contributed by atoms with Gasteiger partial charge in [-0.3, -0.25) is 0 Å². The number of hydrogen-bond donors (Lipinski definition) is 1. The van der Waals surface area contributed by atoms with Crippen molar-refractivity contribution < 1.29 is 31.5 Å². The summed E-state index contributed by atoms with van der Waals surface area (Å²) in [7, 11) is -3.92. The molecule has 5 nitrogen and oxygen atoms in total. The Balaban J connectivity index is 2.13. The van der Waals surface area contributed by atoms with E-state index in [4.69, 9.17) is 5.11 Å². The highest BCUT2D eigenvalue weighted by molar-refractivity contribution is 7.91. The first-order valence-corrected chi connectivity index (χ1v) is 8.33. The van der Waals surface area contributed by atoms with Crippen molar-refractivity contribution in [2.75, 3.05) is 13.1 Å². The average Bonchev–Trinajstić information content (AvgIpc) is 2.88. The van der Waals surface area contributed by atoms with Gasteiger partial charge >= 0.3 is 12.1 Å². The van der Waals surface area contributed by atoms with Crippen molar-refractivity contribution in [3.8, 4) is 0 Å². The third-order valence-corrected chi connectivity index (χ3v) is 6.65. The first-order valence-electron chi connectivity index (χ1n) is 6.01. The van der Waals surface area contributed by atoms with Crippen LogP contribution in [0.25, 0.3) is 0 Å². The monoisotopic (exact) mass is 343 g/mol. The summed E-state index contributed by atoms with van der Waals surface area (Å²) < 4.78 is 62.9. The maximum absolute atomic E-state index is 12.5. The van der Waals surface area contributed by atoms with Crippen LogP contribution in [0.1, 0.15) is 23.2 Å². The number of aromatic carboxylic acids is 1. The van der Waals surface area contributed by atoms with Gasteiger partial charge in [-0.05, 0) is 18.9 Å². The molecule has 118 valence electrons. The van der Waals surface area contributed by atoms with Crippen LogP contribution in [0.4, 0.5) is 13.2 Å². The SMILES string of the molecule is O=C(O)c1csc(S(=O)(=O)N2CCC(C(F)(F)F)CC2)c1. The highest BCUT2D eigenvalue weighted by Crippen LogP contribution is 2.36. The van der Waals surface area contributed by atoms with Crippen molar-refractivity contribution >= 4 is 27.3 Å². The molecule has 1 aliphatic heterocycles. The first kappa shape index (κ1) is 16.2. The molecular formula is C11H12F3NO4S2. The Labute approximate surface area is 123 Å². The third-order valence-electron chi connectivity index (χ3n) is 3.33. The maximum atomic E-state index is 12.5. The van der Waals surface area contributed by atoms with Crippen LogP contribution < -0.4 is 0 Å². The number of nitrogens with zero attached hydrogens (tertiary/aromatic N) is 1. The van der Waals surface area contributed by atoms with Crippen molar-refractivity contribution in [3.05, 3.63) is 17.0 Å². The van der Waals surface area contributed by atoms with Gasteiger partial charge in [-0.2, -0.15) is 17.5 Å². The summed E-state index contributed by atoms with van der Waals surface area (Å²) in [4.78, 5) is 10.7. The predicted molar refractivity (Wildman–Crippen MR) is 68.8 cm³/mol. The summed E-state index contributed by atoms with van der Waals surface area (Å²) in [5, 5.41) is 9.96. The largest absolute Gasteiger partial charge is 0.478 e. The predicted octanol–water partition coefficient (Wildman–Crippen LogP) is 2.41. The Morgan fingerprint density at radius 1 is 1.33 bits per heavy atom. The van der Waals surface area contributed by atoms with Gasteiger partial charge in [0.25, 0.3) is 10.0 Å². The van der Waals surface area contributed by atoms with Gasteiger partial charge in [-0.15, -0.1) is 11.3 Å². The number of piperidine rings is 1. The van der Waals surface area contributed by atoms with E-state index < -0.39 is 28.1 Å². The van der Waals surface area contributed by atoms with E-state index in [0.29, 0.717) is 0 Å². The summed E-state index contributed by atoms with van der Waals surface area (Å²) in [6, 6.07) is 1.03. The van der Waals surface area contributed by atoms with Crippen LogP contribution in [0.5, 0.6) is 0 Å². The van der Waals surface area contributed by atoms with E-state index in [9.17, 15) is 26.4 Å². The number of carboxylic acid groups (broad SMARTS) is 1. The zero-order valence-electron chi connectivity index (χ0n) is 10.6. The molecule has 1 fully saturated rings. The normalized spacial score (nSPS) is 18.8. The molecule has 0 aliphatic carbocycles. The summed E-state index contributed by atoms with van der Waals surface area (Å²) in [5.74, 6) is -2.73. The van der Waals surface area contributed by atoms with Gasteiger partial charge in [0.2, 0.25) is 0 Å². The number of halogens is 3. The molecule has 1 saturated heterocycles. The van der Waals surface area contributed by atoms with Gasteiger partial charge in [0.15, 0.2) is 0 Å². The lowest BCUT2D eigenvalue weighted by molar-refractivity contribution is -0.182. The van der Waals surface area contributed by atoms with E-state index in [1.54, 1.807) is 0 Å². The van der Waals surface area contributed by atoms with E-state index >= 15 is 0 Å². The first-order chi connectivity index (χ1) is 9.62. The van der Waals surface area contributed by atoms with Crippen LogP contribution in [0.2, 0.25) is 0 Å². The number of alkyl halides is 3. The van der Waals surface area contributed by atoms with Crippen molar-refractivity contribution in [1.29, 1.82) is 0 Å². The lowest BCUT2D eigenvalue weighted by Gasteiger charge is -2.31. The molecule has 0 amide bonds. The minimum absolute atomic E-state index is 0.149. The molecule has 0 atom stereocenters. The number of sulfonamides is 1. The molecule has 10 heteroatoms. The summed E-state index contributed by atoms with van der Waals surface area (Å²) in [5.41, 5.74) is -0.149. The summed E-state index contributed by atoms with van der Waals surface area (Å²) in [6.45, 7) is -0.431. The number of thiophene rings is 1. The second-order valence-electron chi connectivity index (χ2n) is 4.68. The Kier molecular flexibility index (Phi) is 4.31. The molecular weight excluding hydrogens is 331 g/mol. The van der Waals surface area contributed by atoms with Crippen LogP contribution >= 0.6 is 11.3 Å². The summed E-state index contributed by atoms with van der Waals surface area (Å²) >= 11 is 0.752. The molecule has 1 aromatic heterocycles. The molecule has 21 heavy (non-hydrogen) atoms. The minimum Gasteiger partial charge on any atom is -0.478 e. The molecule has 1 N–H and O–H groups in total. The molecule has 0 aromatic carbocycles. The van der Waals surface area contributed by atoms with Gasteiger partial charge in [0, 0.05) is 18.5 Å². The van der Waals surface area contributed by atoms with Crippen molar-refractivity contribution in [2.45, 2.75) is 23.2 Å². The number of rotatable bonds is 3. The lowest BCUT2D eigenvalue weighted by Crippen LogP contribution is -2.41. The Morgan fingerprint density at radius 3 is 2.33 bits per heavy atom. The fraction of sp³-hybridized carbons (Fsp3) is 0.545. The molecule has 0 radical (unpaired) electrons. The third kappa shape index (κ3) is 3.38. The van der Waals surface area contributed by atoms with Crippen molar-refractivity contribution in [1.82, 2.24) is 4.31 Å². The fourth-order valence-corrected chi connectivity index (χ4v) is 4.89. The molecule has 0 spiro atoms. The molecule has 2 rings (SSSR count). The van der Waals surface area contributed by atoms with Gasteiger partial charge in [-0.25, -0.2) is 13.2 Å². The second kappa shape index (κ2) is 5.58. The Hall–Kier alpha value is -1.13. The number of carbonyl (C=O) groups is 1. The highest BCUT2D eigenvalue weighted by Gasteiger charge is 2.43. The van der Waals surface area contributed by atoms with E-state index in [0.717, 1.165) is 21.7 Å².